The van der Waals surface area contributed by atoms with Crippen LogP contribution in [0, 0.1) is 6.92 Å². The Morgan fingerprint density at radius 2 is 2.00 bits per heavy atom. The zero-order chi connectivity index (χ0) is 10.8. The molecule has 2 nitrogen and oxygen atoms in total. The number of ketones is 1. The van der Waals surface area contributed by atoms with Crippen molar-refractivity contribution < 1.29 is 4.79 Å². The molecule has 1 saturated heterocycles. The van der Waals surface area contributed by atoms with Crippen LogP contribution in [-0.4, -0.2) is 18.4 Å². The first-order chi connectivity index (χ1) is 7.18. The van der Waals surface area contributed by atoms with Gasteiger partial charge in [0.15, 0.2) is 5.78 Å². The van der Waals surface area contributed by atoms with Crippen LogP contribution in [-0.2, 0) is 4.79 Å². The number of rotatable bonds is 2. The molecular formula is C13H17NO. The monoisotopic (exact) mass is 203 g/mol. The van der Waals surface area contributed by atoms with Crippen LogP contribution in [0.15, 0.2) is 24.3 Å². The summed E-state index contributed by atoms with van der Waals surface area (Å²) in [6, 6.07) is 8.52. The normalized spacial score (nSPS) is 20.7. The minimum atomic E-state index is 0.104. The quantitative estimate of drug-likeness (QED) is 0.736. The van der Waals surface area contributed by atoms with Gasteiger partial charge in [-0.15, -0.1) is 0 Å². The Balaban J connectivity index is 2.22. The van der Waals surface area contributed by atoms with Gasteiger partial charge in [0.25, 0.3) is 0 Å². The highest BCUT2D eigenvalue weighted by molar-refractivity contribution is 5.85. The van der Waals surface area contributed by atoms with E-state index in [2.05, 4.69) is 36.1 Å². The summed E-state index contributed by atoms with van der Waals surface area (Å²) in [5.74, 6) is 0.285. The van der Waals surface area contributed by atoms with Gasteiger partial charge < -0.3 is 4.90 Å². The molecular weight excluding hydrogens is 186 g/mol. The molecule has 1 aromatic rings. The van der Waals surface area contributed by atoms with Crippen molar-refractivity contribution in [3.63, 3.8) is 0 Å². The third kappa shape index (κ3) is 2.04. The highest BCUT2D eigenvalue weighted by Crippen LogP contribution is 2.26. The third-order valence-electron chi connectivity index (χ3n) is 3.09. The van der Waals surface area contributed by atoms with Crippen molar-refractivity contribution in [2.45, 2.75) is 32.7 Å². The lowest BCUT2D eigenvalue weighted by atomic mass is 10.1. The van der Waals surface area contributed by atoms with Crippen molar-refractivity contribution in [3.8, 4) is 0 Å². The largest absolute Gasteiger partial charge is 0.361 e. The topological polar surface area (TPSA) is 20.3 Å². The van der Waals surface area contributed by atoms with E-state index in [4.69, 9.17) is 0 Å². The molecule has 0 amide bonds. The first-order valence-corrected chi connectivity index (χ1v) is 5.52. The van der Waals surface area contributed by atoms with E-state index in [1.807, 2.05) is 0 Å². The average molecular weight is 203 g/mol. The number of aryl methyl sites for hydroxylation is 1. The van der Waals surface area contributed by atoms with E-state index in [0.717, 1.165) is 19.4 Å². The van der Waals surface area contributed by atoms with Crippen molar-refractivity contribution in [2.75, 3.05) is 11.4 Å². The van der Waals surface area contributed by atoms with Gasteiger partial charge in [-0.3, -0.25) is 4.79 Å². The SMILES string of the molecule is CC(=O)C1CCCN1c1ccc(C)cc1. The molecule has 1 aliphatic heterocycles. The maximum absolute atomic E-state index is 11.5. The van der Waals surface area contributed by atoms with Crippen LogP contribution in [0.4, 0.5) is 5.69 Å². The molecule has 2 rings (SSSR count). The molecule has 1 unspecified atom stereocenters. The summed E-state index contributed by atoms with van der Waals surface area (Å²) in [7, 11) is 0. The molecule has 0 bridgehead atoms. The van der Waals surface area contributed by atoms with Crippen molar-refractivity contribution in [1.82, 2.24) is 0 Å². The number of anilines is 1. The summed E-state index contributed by atoms with van der Waals surface area (Å²) in [6.45, 7) is 4.78. The Labute approximate surface area is 90.9 Å². The predicted octanol–water partition coefficient (Wildman–Crippen LogP) is 2.55. The van der Waals surface area contributed by atoms with Gasteiger partial charge in [0.1, 0.15) is 0 Å². The zero-order valence-corrected chi connectivity index (χ0v) is 9.36. The maximum atomic E-state index is 11.5. The molecule has 0 N–H and O–H groups in total. The Hall–Kier alpha value is -1.31. The number of carbonyl (C=O) groups is 1. The van der Waals surface area contributed by atoms with Gasteiger partial charge in [0.2, 0.25) is 0 Å². The van der Waals surface area contributed by atoms with Gasteiger partial charge in [-0.2, -0.15) is 0 Å². The van der Waals surface area contributed by atoms with Crippen LogP contribution >= 0.6 is 0 Å². The van der Waals surface area contributed by atoms with Gasteiger partial charge >= 0.3 is 0 Å². The van der Waals surface area contributed by atoms with Gasteiger partial charge in [-0.05, 0) is 38.8 Å². The van der Waals surface area contributed by atoms with Gasteiger partial charge in [0.05, 0.1) is 6.04 Å². The molecule has 80 valence electrons. The molecule has 1 fully saturated rings. The van der Waals surface area contributed by atoms with Crippen LogP contribution in [0.2, 0.25) is 0 Å². The highest BCUT2D eigenvalue weighted by Gasteiger charge is 2.27. The van der Waals surface area contributed by atoms with E-state index in [9.17, 15) is 4.79 Å². The fourth-order valence-electron chi connectivity index (χ4n) is 2.23. The highest BCUT2D eigenvalue weighted by atomic mass is 16.1. The molecule has 15 heavy (non-hydrogen) atoms. The van der Waals surface area contributed by atoms with Crippen molar-refractivity contribution in [3.05, 3.63) is 29.8 Å². The number of hydrogen-bond donors (Lipinski definition) is 0. The van der Waals surface area contributed by atoms with Crippen LogP contribution in [0.3, 0.4) is 0 Å². The Kier molecular flexibility index (Phi) is 2.76. The van der Waals surface area contributed by atoms with E-state index in [-0.39, 0.29) is 11.8 Å². The van der Waals surface area contributed by atoms with E-state index < -0.39 is 0 Å². The van der Waals surface area contributed by atoms with E-state index in [0.29, 0.717) is 0 Å². The van der Waals surface area contributed by atoms with Crippen molar-refractivity contribution in [2.24, 2.45) is 0 Å². The molecule has 0 aromatic heterocycles. The van der Waals surface area contributed by atoms with Crippen molar-refractivity contribution >= 4 is 11.5 Å². The molecule has 1 heterocycles. The minimum Gasteiger partial charge on any atom is -0.361 e. The Morgan fingerprint density at radius 1 is 1.33 bits per heavy atom. The van der Waals surface area contributed by atoms with Crippen molar-refractivity contribution in [1.29, 1.82) is 0 Å². The fourth-order valence-corrected chi connectivity index (χ4v) is 2.23. The molecule has 1 aliphatic rings. The Bertz CT molecular complexity index is 355. The summed E-state index contributed by atoms with van der Waals surface area (Å²) in [6.07, 6.45) is 2.13. The summed E-state index contributed by atoms with van der Waals surface area (Å²) >= 11 is 0. The second-order valence-corrected chi connectivity index (χ2v) is 4.30. The lowest BCUT2D eigenvalue weighted by molar-refractivity contribution is -0.118. The van der Waals surface area contributed by atoms with Crippen LogP contribution in [0.1, 0.15) is 25.3 Å². The van der Waals surface area contributed by atoms with Gasteiger partial charge in [-0.25, -0.2) is 0 Å². The first-order valence-electron chi connectivity index (χ1n) is 5.52. The second kappa shape index (κ2) is 4.05. The third-order valence-corrected chi connectivity index (χ3v) is 3.09. The van der Waals surface area contributed by atoms with E-state index >= 15 is 0 Å². The second-order valence-electron chi connectivity index (χ2n) is 4.30. The average Bonchev–Trinajstić information content (AvgIpc) is 2.67. The number of carbonyl (C=O) groups excluding carboxylic acids is 1. The smallest absolute Gasteiger partial charge is 0.152 e. The molecule has 2 heteroatoms. The lowest BCUT2D eigenvalue weighted by Gasteiger charge is -2.24. The maximum Gasteiger partial charge on any atom is 0.152 e. The van der Waals surface area contributed by atoms with E-state index in [1.54, 1.807) is 6.92 Å². The van der Waals surface area contributed by atoms with Crippen LogP contribution in [0.5, 0.6) is 0 Å². The fraction of sp³-hybridized carbons (Fsp3) is 0.462. The molecule has 1 aromatic carbocycles. The molecule has 0 radical (unpaired) electrons. The number of nitrogens with zero attached hydrogens (tertiary/aromatic N) is 1. The predicted molar refractivity (Wildman–Crippen MR) is 62.2 cm³/mol. The number of Topliss-reactive ketones (excluding diaryl/α,β-unsaturated/α-hetero) is 1. The van der Waals surface area contributed by atoms with E-state index in [1.165, 1.54) is 11.3 Å². The summed E-state index contributed by atoms with van der Waals surface area (Å²) < 4.78 is 0. The Morgan fingerprint density at radius 3 is 2.60 bits per heavy atom. The standard InChI is InChI=1S/C13H17NO/c1-10-5-7-12(8-6-10)14-9-3-4-13(14)11(2)15/h5-8,13H,3-4,9H2,1-2H3. The summed E-state index contributed by atoms with van der Waals surface area (Å²) in [5.41, 5.74) is 2.44. The molecule has 0 aliphatic carbocycles. The molecule has 0 spiro atoms. The lowest BCUT2D eigenvalue weighted by Crippen LogP contribution is -2.34. The molecule has 1 atom stereocenters. The summed E-state index contributed by atoms with van der Waals surface area (Å²) in [5, 5.41) is 0. The number of hydrogen-bond acceptors (Lipinski definition) is 2. The summed E-state index contributed by atoms with van der Waals surface area (Å²) in [4.78, 5) is 13.7. The van der Waals surface area contributed by atoms with Gasteiger partial charge in [0, 0.05) is 12.2 Å². The number of benzene rings is 1. The first kappa shape index (κ1) is 10.2. The van der Waals surface area contributed by atoms with Crippen LogP contribution < -0.4 is 4.90 Å². The zero-order valence-electron chi connectivity index (χ0n) is 9.36. The van der Waals surface area contributed by atoms with Crippen LogP contribution in [0.25, 0.3) is 0 Å². The minimum absolute atomic E-state index is 0.104. The van der Waals surface area contributed by atoms with Gasteiger partial charge in [-0.1, -0.05) is 17.7 Å². The molecule has 0 saturated carbocycles.